The molecule has 11 rings (SSSR count). The summed E-state index contributed by atoms with van der Waals surface area (Å²) in [4.78, 5) is 10.4. The number of benzene rings is 8. The SMILES string of the molecule is N#Cc1ccc(-c2ccc(-c3cccc4c3Oc3c(-c5cc(-c6ccccc6)nc(-c6ccccc6)n5)cccc3C43c4ccccc4-c4ccccc43)cc2)cc1. The molecule has 0 saturated heterocycles. The van der Waals surface area contributed by atoms with Gasteiger partial charge < -0.3 is 4.74 Å². The van der Waals surface area contributed by atoms with Crippen molar-refractivity contribution in [1.82, 2.24) is 9.97 Å². The van der Waals surface area contributed by atoms with Crippen LogP contribution in [0.3, 0.4) is 0 Å². The zero-order valence-corrected chi connectivity index (χ0v) is 31.3. The van der Waals surface area contributed by atoms with Crippen molar-refractivity contribution in [1.29, 1.82) is 5.26 Å². The van der Waals surface area contributed by atoms with E-state index in [1.54, 1.807) is 0 Å². The first-order valence-corrected chi connectivity index (χ1v) is 19.5. The van der Waals surface area contributed by atoms with Crippen LogP contribution >= 0.6 is 0 Å². The zero-order chi connectivity index (χ0) is 38.6. The van der Waals surface area contributed by atoms with Gasteiger partial charge >= 0.3 is 0 Å². The number of ether oxygens (including phenoxy) is 1. The summed E-state index contributed by atoms with van der Waals surface area (Å²) in [7, 11) is 0. The monoisotopic (exact) mass is 739 g/mol. The summed E-state index contributed by atoms with van der Waals surface area (Å²) in [6.07, 6.45) is 0. The van der Waals surface area contributed by atoms with Gasteiger partial charge in [0.05, 0.1) is 28.4 Å². The molecule has 0 bridgehead atoms. The van der Waals surface area contributed by atoms with Gasteiger partial charge in [-0.05, 0) is 63.2 Å². The summed E-state index contributed by atoms with van der Waals surface area (Å²) < 4.78 is 7.41. The van der Waals surface area contributed by atoms with Gasteiger partial charge in [-0.25, -0.2) is 9.97 Å². The molecule has 0 saturated carbocycles. The normalized spacial score (nSPS) is 12.7. The second-order valence-corrected chi connectivity index (χ2v) is 14.8. The third-order valence-electron chi connectivity index (χ3n) is 11.6. The maximum Gasteiger partial charge on any atom is 0.160 e. The fourth-order valence-electron chi connectivity index (χ4n) is 9.01. The van der Waals surface area contributed by atoms with Crippen molar-refractivity contribution in [3.63, 3.8) is 0 Å². The summed E-state index contributed by atoms with van der Waals surface area (Å²) in [6.45, 7) is 0. The topological polar surface area (TPSA) is 58.8 Å². The molecule has 0 amide bonds. The van der Waals surface area contributed by atoms with E-state index >= 15 is 0 Å². The fraction of sp³-hybridized carbons (Fsp3) is 0.0185. The standard InChI is InChI=1S/C54H33N3O/c55-34-35-25-27-36(28-26-35)37-29-31-38(32-30-37)41-19-11-23-47-51(41)58-52-44(50-33-49(39-13-3-1-4-14-39)56-53(57-50)40-15-5-2-6-16-40)20-12-24-48(52)54(47)45-21-9-7-17-42(45)43-18-8-10-22-46(43)54/h1-33H. The number of hydrogen-bond acceptors (Lipinski definition) is 4. The third-order valence-corrected chi connectivity index (χ3v) is 11.6. The highest BCUT2D eigenvalue weighted by molar-refractivity contribution is 5.92. The lowest BCUT2D eigenvalue weighted by atomic mass is 9.65. The van der Waals surface area contributed by atoms with E-state index in [1.165, 1.54) is 22.3 Å². The molecule has 1 aliphatic heterocycles. The zero-order valence-electron chi connectivity index (χ0n) is 31.3. The predicted molar refractivity (Wildman–Crippen MR) is 231 cm³/mol. The van der Waals surface area contributed by atoms with Crippen LogP contribution in [0.1, 0.15) is 27.8 Å². The molecule has 0 unspecified atom stereocenters. The molecule has 0 atom stereocenters. The Balaban J connectivity index is 1.17. The van der Waals surface area contributed by atoms with E-state index in [0.29, 0.717) is 11.4 Å². The summed E-state index contributed by atoms with van der Waals surface area (Å²) >= 11 is 0. The van der Waals surface area contributed by atoms with Crippen molar-refractivity contribution >= 4 is 0 Å². The predicted octanol–water partition coefficient (Wildman–Crippen LogP) is 13.2. The lowest BCUT2D eigenvalue weighted by Crippen LogP contribution is -2.32. The van der Waals surface area contributed by atoms with Crippen LogP contribution in [0.5, 0.6) is 11.5 Å². The minimum Gasteiger partial charge on any atom is -0.455 e. The Morgan fingerprint density at radius 2 is 0.845 bits per heavy atom. The van der Waals surface area contributed by atoms with Gasteiger partial charge in [0.15, 0.2) is 5.82 Å². The Bertz CT molecular complexity index is 2970. The summed E-state index contributed by atoms with van der Waals surface area (Å²) in [5.74, 6) is 2.25. The number of rotatable bonds is 5. The van der Waals surface area contributed by atoms with Gasteiger partial charge in [-0.3, -0.25) is 0 Å². The molecule has 1 aliphatic carbocycles. The molecule has 58 heavy (non-hydrogen) atoms. The van der Waals surface area contributed by atoms with Crippen molar-refractivity contribution < 1.29 is 4.74 Å². The van der Waals surface area contributed by atoms with Crippen molar-refractivity contribution in [2.24, 2.45) is 0 Å². The maximum atomic E-state index is 9.34. The van der Waals surface area contributed by atoms with Crippen molar-refractivity contribution in [2.45, 2.75) is 5.41 Å². The lowest BCUT2D eigenvalue weighted by molar-refractivity contribution is 0.439. The lowest BCUT2D eigenvalue weighted by Gasteiger charge is -2.40. The molecule has 4 nitrogen and oxygen atoms in total. The molecule has 2 aliphatic rings. The van der Waals surface area contributed by atoms with Crippen LogP contribution in [0.25, 0.3) is 67.3 Å². The maximum absolute atomic E-state index is 9.34. The van der Waals surface area contributed by atoms with Crippen LogP contribution in [0.15, 0.2) is 200 Å². The molecular weight excluding hydrogens is 707 g/mol. The fourth-order valence-corrected chi connectivity index (χ4v) is 9.01. The average Bonchev–Trinajstić information content (AvgIpc) is 3.60. The Kier molecular flexibility index (Phi) is 7.74. The summed E-state index contributed by atoms with van der Waals surface area (Å²) in [6, 6.07) is 71.8. The molecule has 9 aromatic rings. The van der Waals surface area contributed by atoms with Crippen LogP contribution in [0.4, 0.5) is 0 Å². The number of nitriles is 1. The largest absolute Gasteiger partial charge is 0.455 e. The van der Waals surface area contributed by atoms with Crippen molar-refractivity contribution in [3.05, 3.63) is 228 Å². The van der Waals surface area contributed by atoms with Gasteiger partial charge in [-0.1, -0.05) is 176 Å². The van der Waals surface area contributed by atoms with Gasteiger partial charge in [0.1, 0.15) is 11.5 Å². The van der Waals surface area contributed by atoms with E-state index in [-0.39, 0.29) is 0 Å². The highest BCUT2D eigenvalue weighted by Gasteiger charge is 2.52. The van der Waals surface area contributed by atoms with Crippen molar-refractivity contribution in [2.75, 3.05) is 0 Å². The number of fused-ring (bicyclic) bond motifs is 9. The molecule has 270 valence electrons. The average molecular weight is 740 g/mol. The highest BCUT2D eigenvalue weighted by atomic mass is 16.5. The number of hydrogen-bond donors (Lipinski definition) is 0. The Hall–Kier alpha value is -7.87. The quantitative estimate of drug-likeness (QED) is 0.176. The molecule has 0 radical (unpaired) electrons. The van der Waals surface area contributed by atoms with Crippen LogP contribution in [-0.2, 0) is 5.41 Å². The minimum absolute atomic E-state index is 0.645. The van der Waals surface area contributed by atoms with Gasteiger partial charge in [0.2, 0.25) is 0 Å². The van der Waals surface area contributed by atoms with Gasteiger partial charge in [0, 0.05) is 33.4 Å². The van der Waals surface area contributed by atoms with Crippen LogP contribution in [0.2, 0.25) is 0 Å². The molecule has 8 aromatic carbocycles. The highest BCUT2D eigenvalue weighted by Crippen LogP contribution is 2.64. The van der Waals surface area contributed by atoms with E-state index in [1.807, 2.05) is 60.7 Å². The molecule has 0 N–H and O–H groups in total. The van der Waals surface area contributed by atoms with E-state index in [4.69, 9.17) is 14.7 Å². The number of para-hydroxylation sites is 2. The summed E-state index contributed by atoms with van der Waals surface area (Å²) in [5.41, 5.74) is 15.7. The Labute approximate surface area is 337 Å². The Morgan fingerprint density at radius 1 is 0.379 bits per heavy atom. The molecule has 4 heteroatoms. The molecule has 2 heterocycles. The second-order valence-electron chi connectivity index (χ2n) is 14.8. The van der Waals surface area contributed by atoms with Crippen LogP contribution in [-0.4, -0.2) is 9.97 Å². The van der Waals surface area contributed by atoms with Gasteiger partial charge in [-0.2, -0.15) is 5.26 Å². The first kappa shape index (κ1) is 33.5. The Morgan fingerprint density at radius 3 is 1.47 bits per heavy atom. The van der Waals surface area contributed by atoms with Crippen molar-refractivity contribution in [3.8, 4) is 84.9 Å². The van der Waals surface area contributed by atoms with Crippen LogP contribution in [0, 0.1) is 11.3 Å². The molecule has 1 aromatic heterocycles. The third kappa shape index (κ3) is 5.15. The number of nitrogens with zero attached hydrogens (tertiary/aromatic N) is 3. The van der Waals surface area contributed by atoms with E-state index in [9.17, 15) is 5.26 Å². The summed E-state index contributed by atoms with van der Waals surface area (Å²) in [5, 5.41) is 9.34. The smallest absolute Gasteiger partial charge is 0.160 e. The molecule has 1 spiro atoms. The van der Waals surface area contributed by atoms with E-state index in [0.717, 1.165) is 73.0 Å². The molecule has 0 fully saturated rings. The number of aromatic nitrogens is 2. The van der Waals surface area contributed by atoms with Crippen LogP contribution < -0.4 is 4.74 Å². The first-order valence-electron chi connectivity index (χ1n) is 19.5. The first-order chi connectivity index (χ1) is 28.7. The van der Waals surface area contributed by atoms with Gasteiger partial charge in [0.25, 0.3) is 0 Å². The van der Waals surface area contributed by atoms with E-state index in [2.05, 4.69) is 146 Å². The minimum atomic E-state index is -0.665. The molecular formula is C54H33N3O. The van der Waals surface area contributed by atoms with E-state index < -0.39 is 5.41 Å². The van der Waals surface area contributed by atoms with Gasteiger partial charge in [-0.15, -0.1) is 0 Å². The second kappa shape index (κ2) is 13.4.